The SMILES string of the molecule is C[B-](C)(C)[Si](C)(C)C. The molecule has 0 unspecified atom stereocenters. The van der Waals surface area contributed by atoms with E-state index in [4.69, 9.17) is 0 Å². The van der Waals surface area contributed by atoms with Crippen LogP contribution in [0.15, 0.2) is 0 Å². The zero-order valence-electron chi connectivity index (χ0n) is 7.08. The lowest BCUT2D eigenvalue weighted by Gasteiger charge is -2.39. The van der Waals surface area contributed by atoms with Crippen molar-refractivity contribution >= 4 is 13.7 Å². The molecule has 0 bridgehead atoms. The summed E-state index contributed by atoms with van der Waals surface area (Å²) >= 11 is 0. The van der Waals surface area contributed by atoms with Crippen molar-refractivity contribution < 1.29 is 0 Å². The lowest BCUT2D eigenvalue weighted by Crippen LogP contribution is -2.49. The van der Waals surface area contributed by atoms with E-state index in [0.29, 0.717) is 0 Å². The molecule has 0 spiro atoms. The van der Waals surface area contributed by atoms with Gasteiger partial charge in [-0.3, -0.25) is 0 Å². The highest BCUT2D eigenvalue weighted by atomic mass is 28.3. The van der Waals surface area contributed by atoms with Gasteiger partial charge in [-0.15, -0.1) is 7.94 Å². The van der Waals surface area contributed by atoms with Gasteiger partial charge in [-0.05, 0) is 5.74 Å². The molecule has 0 fully saturated rings. The standard InChI is InChI=1S/C6H18BSi/c1-7(2,3)8(4,5)6/h1-6H3/q-1. The van der Waals surface area contributed by atoms with Gasteiger partial charge in [0, 0.05) is 0 Å². The molecule has 0 heterocycles. The molecule has 0 amide bonds. The van der Waals surface area contributed by atoms with Crippen molar-refractivity contribution in [3.8, 4) is 0 Å². The summed E-state index contributed by atoms with van der Waals surface area (Å²) in [6.07, 6.45) is 0. The summed E-state index contributed by atoms with van der Waals surface area (Å²) in [7, 11) is -0.796. The summed E-state index contributed by atoms with van der Waals surface area (Å²) in [4.78, 5) is 0. The first-order valence-corrected chi connectivity index (χ1v) is 7.10. The third-order valence-corrected chi connectivity index (χ3v) is 7.79. The van der Waals surface area contributed by atoms with Crippen molar-refractivity contribution in [3.05, 3.63) is 0 Å². The zero-order valence-corrected chi connectivity index (χ0v) is 8.08. The van der Waals surface area contributed by atoms with E-state index in [-0.39, 0.29) is 5.74 Å². The molecule has 0 aromatic rings. The van der Waals surface area contributed by atoms with Crippen LogP contribution in [0.25, 0.3) is 0 Å². The molecule has 0 rings (SSSR count). The third kappa shape index (κ3) is 2.03. The van der Waals surface area contributed by atoms with E-state index >= 15 is 0 Å². The Morgan fingerprint density at radius 2 is 1.00 bits per heavy atom. The molecule has 0 atom stereocenters. The van der Waals surface area contributed by atoms with Crippen molar-refractivity contribution in [1.29, 1.82) is 0 Å². The quantitative estimate of drug-likeness (QED) is 0.477. The minimum absolute atomic E-state index is 0.00694. The Balaban J connectivity index is 4.02. The van der Waals surface area contributed by atoms with Gasteiger partial charge in [-0.2, -0.15) is 20.5 Å². The average Bonchev–Trinajstić information content (AvgIpc) is 1.25. The predicted molar refractivity (Wildman–Crippen MR) is 46.7 cm³/mol. The van der Waals surface area contributed by atoms with Crippen LogP contribution in [-0.4, -0.2) is 13.7 Å². The van der Waals surface area contributed by atoms with Crippen LogP contribution in [-0.2, 0) is 0 Å². The second kappa shape index (κ2) is 1.90. The maximum Gasteiger partial charge on any atom is -0.00583 e. The highest BCUT2D eigenvalue weighted by molar-refractivity contribution is 7.39. The molecule has 0 aromatic heterocycles. The first kappa shape index (κ1) is 8.28. The molecule has 0 nitrogen and oxygen atoms in total. The lowest BCUT2D eigenvalue weighted by atomic mass is 9.54. The van der Waals surface area contributed by atoms with Gasteiger partial charge in [0.1, 0.15) is 0 Å². The Morgan fingerprint density at radius 3 is 1.00 bits per heavy atom. The Bertz CT molecular complexity index is 63.5. The Morgan fingerprint density at radius 1 is 0.875 bits per heavy atom. The van der Waals surface area contributed by atoms with Crippen molar-refractivity contribution in [2.45, 2.75) is 40.1 Å². The maximum atomic E-state index is 2.44. The summed E-state index contributed by atoms with van der Waals surface area (Å²) in [6.45, 7) is 14.5. The van der Waals surface area contributed by atoms with Gasteiger partial charge in [-0.25, -0.2) is 0 Å². The van der Waals surface area contributed by atoms with Gasteiger partial charge >= 0.3 is 0 Å². The van der Waals surface area contributed by atoms with E-state index in [9.17, 15) is 0 Å². The molecule has 0 saturated heterocycles. The van der Waals surface area contributed by atoms with E-state index in [1.54, 1.807) is 0 Å². The topological polar surface area (TPSA) is 0 Å². The summed E-state index contributed by atoms with van der Waals surface area (Å²) < 4.78 is 0. The number of hydrogen-bond donors (Lipinski definition) is 0. The summed E-state index contributed by atoms with van der Waals surface area (Å²) in [5, 5.41) is 0. The Kier molecular flexibility index (Phi) is 1.97. The Labute approximate surface area is 54.5 Å². The van der Waals surface area contributed by atoms with Crippen LogP contribution in [0, 0.1) is 0 Å². The smallest absolute Gasteiger partial charge is 0.00583 e. The second-order valence-corrected chi connectivity index (χ2v) is 11.4. The van der Waals surface area contributed by atoms with Crippen LogP contribution < -0.4 is 0 Å². The molecule has 2 heteroatoms. The van der Waals surface area contributed by atoms with E-state index in [2.05, 4.69) is 40.1 Å². The fraction of sp³-hybridized carbons (Fsp3) is 1.00. The molecule has 8 heavy (non-hydrogen) atoms. The summed E-state index contributed by atoms with van der Waals surface area (Å²) in [5.41, 5.74) is -0.00694. The Hall–Kier alpha value is 0.282. The van der Waals surface area contributed by atoms with Gasteiger partial charge in [0.05, 0.1) is 0 Å². The molecule has 50 valence electrons. The third-order valence-electron chi connectivity index (χ3n) is 2.60. The fourth-order valence-corrected chi connectivity index (χ4v) is 0. The lowest BCUT2D eigenvalue weighted by molar-refractivity contribution is 1.71. The second-order valence-electron chi connectivity index (χ2n) is 4.96. The minimum Gasteiger partial charge on any atom is -0.192 e. The monoisotopic (exact) mass is 129 g/mol. The molecule has 0 aromatic carbocycles. The molecular weight excluding hydrogens is 111 g/mol. The average molecular weight is 129 g/mol. The molecule has 0 aliphatic rings. The van der Waals surface area contributed by atoms with E-state index in [0.717, 1.165) is 0 Å². The summed E-state index contributed by atoms with van der Waals surface area (Å²) in [5.74, 6) is 0. The molecule has 0 radical (unpaired) electrons. The van der Waals surface area contributed by atoms with Crippen molar-refractivity contribution in [2.24, 2.45) is 0 Å². The van der Waals surface area contributed by atoms with Gasteiger partial charge in [-0.1, -0.05) is 19.6 Å². The number of rotatable bonds is 1. The van der Waals surface area contributed by atoms with Crippen molar-refractivity contribution in [3.63, 3.8) is 0 Å². The van der Waals surface area contributed by atoms with E-state index in [1.807, 2.05) is 0 Å². The van der Waals surface area contributed by atoms with Crippen molar-refractivity contribution in [2.75, 3.05) is 0 Å². The van der Waals surface area contributed by atoms with Gasteiger partial charge in [0.15, 0.2) is 0 Å². The van der Waals surface area contributed by atoms with Crippen molar-refractivity contribution in [1.82, 2.24) is 0 Å². The van der Waals surface area contributed by atoms with Crippen LogP contribution in [0.4, 0.5) is 0 Å². The molecule has 0 N–H and O–H groups in total. The normalized spacial score (nSPS) is 14.2. The highest BCUT2D eigenvalue weighted by Crippen LogP contribution is 2.16. The van der Waals surface area contributed by atoms with Gasteiger partial charge < -0.3 is 0 Å². The predicted octanol–water partition coefficient (Wildman–Crippen LogP) is 2.74. The van der Waals surface area contributed by atoms with Crippen LogP contribution in [0.2, 0.25) is 40.1 Å². The first-order chi connectivity index (χ1) is 3.25. The molecular formula is C6H18BSi-. The largest absolute Gasteiger partial charge is 0.192 e. The highest BCUT2D eigenvalue weighted by Gasteiger charge is 2.22. The van der Waals surface area contributed by atoms with Crippen LogP contribution in [0.1, 0.15) is 0 Å². The van der Waals surface area contributed by atoms with Crippen LogP contribution in [0.3, 0.4) is 0 Å². The molecule has 0 aliphatic carbocycles. The molecule has 0 aliphatic heterocycles. The first-order valence-electron chi connectivity index (χ1n) is 3.52. The minimum atomic E-state index is -0.796. The van der Waals surface area contributed by atoms with E-state index < -0.39 is 7.94 Å². The van der Waals surface area contributed by atoms with Gasteiger partial charge in [0.2, 0.25) is 0 Å². The summed E-state index contributed by atoms with van der Waals surface area (Å²) in [6, 6.07) is 0. The van der Waals surface area contributed by atoms with Crippen LogP contribution >= 0.6 is 0 Å². The fourth-order valence-electron chi connectivity index (χ4n) is 0. The number of hydrogen-bond acceptors (Lipinski definition) is 0. The van der Waals surface area contributed by atoms with E-state index in [1.165, 1.54) is 0 Å². The zero-order chi connectivity index (χ0) is 7.00. The van der Waals surface area contributed by atoms with Gasteiger partial charge in [0.25, 0.3) is 0 Å². The molecule has 0 saturated carbocycles. The maximum absolute atomic E-state index is 2.44. The van der Waals surface area contributed by atoms with Crippen LogP contribution in [0.5, 0.6) is 0 Å².